The van der Waals surface area contributed by atoms with Crippen molar-refractivity contribution in [1.82, 2.24) is 39.9 Å². The van der Waals surface area contributed by atoms with Crippen LogP contribution in [0.15, 0.2) is 138 Å². The third-order valence-corrected chi connectivity index (χ3v) is 18.6. The highest BCUT2D eigenvalue weighted by Gasteiger charge is 2.37. The monoisotopic (exact) mass is 1730 g/mol. The topological polar surface area (TPSA) is 273 Å². The summed E-state index contributed by atoms with van der Waals surface area (Å²) in [7, 11) is 0. The summed E-state index contributed by atoms with van der Waals surface area (Å²) in [6.45, 7) is 3.14. The van der Waals surface area contributed by atoms with E-state index in [1.165, 1.54) is 77.5 Å². The van der Waals surface area contributed by atoms with Crippen molar-refractivity contribution in [2.24, 2.45) is 0 Å². The fourth-order valence-electron chi connectivity index (χ4n) is 12.7. The highest BCUT2D eigenvalue weighted by Crippen LogP contribution is 2.44. The number of aryl methyl sites for hydroxylation is 2. The number of aromatic amines is 4. The molecule has 5 heterocycles. The lowest BCUT2D eigenvalue weighted by atomic mass is 10.0. The van der Waals surface area contributed by atoms with Gasteiger partial charge in [-0.1, -0.05) is 30.3 Å². The number of thiophene rings is 1. The number of hydrogen-bond donors (Lipinski definition) is 8. The van der Waals surface area contributed by atoms with Crippen LogP contribution in [0, 0.1) is 130 Å². The zero-order valence-electron chi connectivity index (χ0n) is 60.0. The van der Waals surface area contributed by atoms with Gasteiger partial charge in [0.15, 0.2) is 105 Å². The number of aromatic carboxylic acids is 4. The SMILES string of the molecule is Cc1cc(C(=O)O)c2nc(-c3c(F)c(F)c(-c4cc(F)cc(F)c4)c(F)c3F)[nH]c2c1.Cc1cc(C(=O)O)c2nc(-c3c(F)c(F)c(-c4ccc(F)c(F)c4)c(F)c3F)[nH]c2c1.O=C(O)c1cccc2[nH]c(-c3c(F)c(F)c(-c4cccc(OC(F)(F)F)c4)c(F)c3F)nc12.O=C(O)c1cccc2[nH]c(-c3c(F)c(F)c(-c4ccsc4)c(F)c3F)nc12. The number of carbonyl (C=O) groups is 4. The highest BCUT2D eigenvalue weighted by atomic mass is 32.1. The van der Waals surface area contributed by atoms with Gasteiger partial charge in [-0.2, -0.15) is 11.3 Å². The number of halogens is 23. The molecule has 0 bridgehead atoms. The molecule has 5 aromatic heterocycles. The second-order valence-electron chi connectivity index (χ2n) is 25.8. The van der Waals surface area contributed by atoms with Crippen LogP contribution in [0.1, 0.15) is 52.6 Å². The van der Waals surface area contributed by atoms with Crippen molar-refractivity contribution in [3.8, 4) is 95.8 Å². The lowest BCUT2D eigenvalue weighted by Crippen LogP contribution is -2.17. The summed E-state index contributed by atoms with van der Waals surface area (Å²) in [6, 6.07) is 21.1. The van der Waals surface area contributed by atoms with E-state index in [0.29, 0.717) is 47.5 Å². The van der Waals surface area contributed by atoms with Crippen molar-refractivity contribution in [3.63, 3.8) is 0 Å². The van der Waals surface area contributed by atoms with Gasteiger partial charge in [-0.25, -0.2) is 127 Å². The summed E-state index contributed by atoms with van der Waals surface area (Å²) in [4.78, 5) is 70.5. The van der Waals surface area contributed by atoms with Crippen LogP contribution in [-0.2, 0) is 0 Å². The van der Waals surface area contributed by atoms with Crippen LogP contribution in [-0.4, -0.2) is 90.5 Å². The summed E-state index contributed by atoms with van der Waals surface area (Å²) in [5, 5.41) is 39.9. The van der Waals surface area contributed by atoms with E-state index >= 15 is 0 Å². The van der Waals surface area contributed by atoms with E-state index in [0.717, 1.165) is 35.6 Å². The van der Waals surface area contributed by atoms with Crippen LogP contribution >= 0.6 is 11.3 Å². The number of fused-ring (bicyclic) bond motifs is 4. The lowest BCUT2D eigenvalue weighted by molar-refractivity contribution is -0.274. The Bertz CT molecular complexity index is 6940. The van der Waals surface area contributed by atoms with Crippen molar-refractivity contribution in [3.05, 3.63) is 288 Å². The fourth-order valence-corrected chi connectivity index (χ4v) is 13.4. The molecular weight excluding hydrogens is 1700 g/mol. The number of para-hydroxylation sites is 2. The Hall–Kier alpha value is -14.9. The molecule has 16 aromatic rings. The molecule has 0 radical (unpaired) electrons. The minimum absolute atomic E-state index is 0.0112. The predicted molar refractivity (Wildman–Crippen MR) is 389 cm³/mol. The first-order valence-electron chi connectivity index (χ1n) is 33.7. The fraction of sp³-hybridized carbons (Fsp3) is 0.0370. The van der Waals surface area contributed by atoms with Gasteiger partial charge in [0.1, 0.15) is 62.7 Å². The first-order valence-corrected chi connectivity index (χ1v) is 34.7. The maximum Gasteiger partial charge on any atom is 0.573 e. The van der Waals surface area contributed by atoms with E-state index in [2.05, 4.69) is 44.6 Å². The standard InChI is InChI=1S/C21H9F7N2O3.2C21H10F6N2O2.C18H8F4N2O2S/c22-14-12(8-3-1-4-9(7-8)33-21(26,27)28)15(23)17(25)13(16(14)24)19-29-11-6-2-5-10(20(31)32)18(11)30-19;1-7-2-11(21(30)31)19-12(3-7)28-20(29-19)14-17(26)15(24)13(16(25)18(14)27)8-4-9(22)6-10(23)5-8;1-7-4-9(21(30)31)19-12(5-7)28-20(29-19)14-17(26)15(24)13(16(25)18(14)27)8-2-3-10(22)11(23)6-8;19-12-10(7-4-5-27-6-7)13(20)15(22)11(14(12)21)17-23-9-3-1-2-8(18(25)26)16(9)24-17/h1-7H,(H,29,30)(H,31,32);2*2-6H,1H3,(H,28,29)(H,30,31);1-6H,(H,23,24)(H,25,26). The Morgan fingerprint density at radius 3 is 0.975 bits per heavy atom. The smallest absolute Gasteiger partial charge is 0.478 e. The molecule has 0 fully saturated rings. The molecule has 0 unspecified atom stereocenters. The van der Waals surface area contributed by atoms with Crippen LogP contribution in [0.25, 0.3) is 134 Å². The Kier molecular flexibility index (Phi) is 22.8. The minimum Gasteiger partial charge on any atom is -0.478 e. The molecule has 622 valence electrons. The molecule has 0 saturated heterocycles. The minimum atomic E-state index is -5.10. The summed E-state index contributed by atoms with van der Waals surface area (Å²) in [5.74, 6) is -42.8. The number of H-pyrrole nitrogens is 4. The summed E-state index contributed by atoms with van der Waals surface area (Å²) < 4.78 is 330. The predicted octanol–water partition coefficient (Wildman–Crippen LogP) is 22.7. The summed E-state index contributed by atoms with van der Waals surface area (Å²) in [6.07, 6.45) is -5.10. The van der Waals surface area contributed by atoms with Gasteiger partial charge in [-0.15, -0.1) is 13.2 Å². The molecule has 8 N–H and O–H groups in total. The number of rotatable bonds is 13. The highest BCUT2D eigenvalue weighted by molar-refractivity contribution is 7.08. The van der Waals surface area contributed by atoms with Crippen LogP contribution < -0.4 is 4.74 Å². The van der Waals surface area contributed by atoms with Gasteiger partial charge >= 0.3 is 30.2 Å². The van der Waals surface area contributed by atoms with E-state index in [4.69, 9.17) is 0 Å². The van der Waals surface area contributed by atoms with E-state index in [1.54, 1.807) is 13.8 Å². The Morgan fingerprint density at radius 1 is 0.320 bits per heavy atom. The molecule has 17 nitrogen and oxygen atoms in total. The van der Waals surface area contributed by atoms with Gasteiger partial charge in [0.05, 0.1) is 88.8 Å². The largest absolute Gasteiger partial charge is 0.573 e. The van der Waals surface area contributed by atoms with Crippen molar-refractivity contribution in [1.29, 1.82) is 0 Å². The van der Waals surface area contributed by atoms with E-state index in [1.807, 2.05) is 0 Å². The molecule has 0 atom stereocenters. The summed E-state index contributed by atoms with van der Waals surface area (Å²) in [5.41, 5.74) is -11.7. The molecule has 0 spiro atoms. The van der Waals surface area contributed by atoms with Crippen molar-refractivity contribution in [2.45, 2.75) is 20.2 Å². The maximum absolute atomic E-state index is 14.9. The number of hydrogen-bond acceptors (Lipinski definition) is 10. The Labute approximate surface area is 665 Å². The number of carboxylic acids is 4. The van der Waals surface area contributed by atoms with Gasteiger partial charge in [-0.3, -0.25) is 0 Å². The number of aromatic nitrogens is 8. The molecule has 122 heavy (non-hydrogen) atoms. The third-order valence-electron chi connectivity index (χ3n) is 17.9. The number of nitrogens with one attached hydrogen (secondary N) is 4. The van der Waals surface area contributed by atoms with E-state index in [-0.39, 0.29) is 72.0 Å². The van der Waals surface area contributed by atoms with Gasteiger partial charge in [0, 0.05) is 6.07 Å². The number of imidazole rings is 4. The van der Waals surface area contributed by atoms with Crippen molar-refractivity contribution in [2.75, 3.05) is 0 Å². The van der Waals surface area contributed by atoms with Crippen LogP contribution in [0.3, 0.4) is 0 Å². The average molecular weight is 1740 g/mol. The van der Waals surface area contributed by atoms with Gasteiger partial charge in [0.25, 0.3) is 0 Å². The van der Waals surface area contributed by atoms with E-state index in [9.17, 15) is 141 Å². The Morgan fingerprint density at radius 2 is 0.639 bits per heavy atom. The van der Waals surface area contributed by atoms with E-state index < -0.39 is 237 Å². The number of carboxylic acid groups (broad SMARTS) is 4. The third kappa shape index (κ3) is 15.8. The number of benzene rings is 11. The summed E-state index contributed by atoms with van der Waals surface area (Å²) >= 11 is 1.12. The Balaban J connectivity index is 0.000000140. The van der Waals surface area contributed by atoms with Crippen LogP contribution in [0.5, 0.6) is 5.75 Å². The van der Waals surface area contributed by atoms with Crippen LogP contribution in [0.2, 0.25) is 0 Å². The van der Waals surface area contributed by atoms with Crippen LogP contribution in [0.4, 0.5) is 101 Å². The molecule has 0 saturated carbocycles. The lowest BCUT2D eigenvalue weighted by Gasteiger charge is -2.13. The number of nitrogens with zero attached hydrogens (tertiary/aromatic N) is 4. The number of alkyl halides is 3. The average Bonchev–Trinajstić information content (AvgIpc) is 1.22. The molecular formula is C81H37F23N8O9S. The second kappa shape index (κ2) is 32.8. The maximum atomic E-state index is 14.9. The zero-order valence-corrected chi connectivity index (χ0v) is 60.8. The molecule has 0 aliphatic carbocycles. The molecule has 0 aliphatic heterocycles. The molecule has 41 heteroatoms. The van der Waals surface area contributed by atoms with Gasteiger partial charge < -0.3 is 45.1 Å². The second-order valence-corrected chi connectivity index (χ2v) is 26.6. The number of ether oxygens (including phenoxy) is 1. The first-order chi connectivity index (χ1) is 57.5. The first kappa shape index (κ1) is 85.0. The van der Waals surface area contributed by atoms with Gasteiger partial charge in [-0.05, 0) is 149 Å². The van der Waals surface area contributed by atoms with Gasteiger partial charge in [0.2, 0.25) is 0 Å². The molecule has 0 aliphatic rings. The normalized spacial score (nSPS) is 11.4. The zero-order chi connectivity index (χ0) is 88.6. The quantitative estimate of drug-likeness (QED) is 0.0394. The van der Waals surface area contributed by atoms with Crippen molar-refractivity contribution < 1.29 is 145 Å². The molecule has 11 aromatic carbocycles. The molecule has 16 rings (SSSR count). The molecule has 0 amide bonds. The van der Waals surface area contributed by atoms with Crippen molar-refractivity contribution >= 4 is 79.3 Å².